The normalized spacial score (nSPS) is 11.3. The van der Waals surface area contributed by atoms with Crippen LogP contribution in [0.2, 0.25) is 0 Å². The summed E-state index contributed by atoms with van der Waals surface area (Å²) in [4.78, 5) is 4.10. The second-order valence-corrected chi connectivity index (χ2v) is 5.95. The van der Waals surface area contributed by atoms with Gasteiger partial charge in [0, 0.05) is 17.8 Å². The number of hydrogen-bond acceptors (Lipinski definition) is 4. The van der Waals surface area contributed by atoms with Crippen molar-refractivity contribution < 1.29 is 8.42 Å². The number of nitrogens with zero attached hydrogens (tertiary/aromatic N) is 2. The maximum Gasteiger partial charge on any atom is 0.199 e. The third-order valence-corrected chi connectivity index (χ3v) is 4.04. The van der Waals surface area contributed by atoms with Crippen molar-refractivity contribution >= 4 is 15.9 Å². The first-order valence-corrected chi connectivity index (χ1v) is 7.45. The minimum atomic E-state index is -3.52. The minimum Gasteiger partial charge on any atom is -0.264 e. The Balaban J connectivity index is 2.29. The van der Waals surface area contributed by atoms with Gasteiger partial charge in [-0.1, -0.05) is 18.2 Å². The van der Waals surface area contributed by atoms with Gasteiger partial charge in [0.25, 0.3) is 0 Å². The van der Waals surface area contributed by atoms with E-state index in [2.05, 4.69) is 4.98 Å². The molecule has 0 radical (unpaired) electrons. The Morgan fingerprint density at radius 1 is 1.25 bits per heavy atom. The van der Waals surface area contributed by atoms with Gasteiger partial charge in [0.2, 0.25) is 0 Å². The van der Waals surface area contributed by atoms with Crippen molar-refractivity contribution in [2.24, 2.45) is 0 Å². The van der Waals surface area contributed by atoms with Crippen molar-refractivity contribution in [2.45, 2.75) is 11.3 Å². The summed E-state index contributed by atoms with van der Waals surface area (Å²) in [7, 11) is -3.52. The molecule has 1 heterocycles. The summed E-state index contributed by atoms with van der Waals surface area (Å²) in [6.07, 6.45) is 4.89. The van der Waals surface area contributed by atoms with Gasteiger partial charge in [0.15, 0.2) is 9.84 Å². The van der Waals surface area contributed by atoms with Crippen molar-refractivity contribution in [1.29, 1.82) is 5.26 Å². The predicted octanol–water partition coefficient (Wildman–Crippen LogP) is 2.59. The predicted molar refractivity (Wildman–Crippen MR) is 76.2 cm³/mol. The highest BCUT2D eigenvalue weighted by atomic mass is 32.2. The monoisotopic (exact) mass is 284 g/mol. The molecular weight excluding hydrogens is 272 g/mol. The summed E-state index contributed by atoms with van der Waals surface area (Å²) < 4.78 is 24.3. The van der Waals surface area contributed by atoms with Crippen LogP contribution in [0, 0.1) is 11.3 Å². The Kier molecular flexibility index (Phi) is 4.28. The summed E-state index contributed by atoms with van der Waals surface area (Å²) in [6, 6.07) is 11.9. The standard InChI is InChI=1S/C15H12N2O2S/c16-8-6-13-3-1-5-15(11-13)20(18,19)10-7-14-4-2-9-17-12-14/h1-5,7,9-12H,6H2/b10-7+. The molecule has 0 aliphatic carbocycles. The zero-order valence-corrected chi connectivity index (χ0v) is 11.4. The van der Waals surface area contributed by atoms with E-state index in [1.165, 1.54) is 18.2 Å². The smallest absolute Gasteiger partial charge is 0.199 e. The Bertz CT molecular complexity index is 760. The van der Waals surface area contributed by atoms with Crippen molar-refractivity contribution in [3.05, 3.63) is 65.3 Å². The lowest BCUT2D eigenvalue weighted by Gasteiger charge is -2.01. The molecule has 0 saturated carbocycles. The van der Waals surface area contributed by atoms with Crippen molar-refractivity contribution in [1.82, 2.24) is 4.98 Å². The Morgan fingerprint density at radius 2 is 2.10 bits per heavy atom. The zero-order chi connectivity index (χ0) is 14.4. The topological polar surface area (TPSA) is 70.8 Å². The fourth-order valence-corrected chi connectivity index (χ4v) is 2.72. The van der Waals surface area contributed by atoms with E-state index in [0.29, 0.717) is 11.1 Å². The van der Waals surface area contributed by atoms with Crippen LogP contribution in [0.25, 0.3) is 6.08 Å². The summed E-state index contributed by atoms with van der Waals surface area (Å²) in [5.74, 6) is 0. The van der Waals surface area contributed by atoms with Crippen LogP contribution in [0.3, 0.4) is 0 Å². The third kappa shape index (κ3) is 3.53. The molecule has 0 aliphatic rings. The van der Waals surface area contributed by atoms with Crippen molar-refractivity contribution in [3.8, 4) is 6.07 Å². The molecular formula is C15H12N2O2S. The van der Waals surface area contributed by atoms with E-state index >= 15 is 0 Å². The summed E-state index contributed by atoms with van der Waals surface area (Å²) >= 11 is 0. The molecule has 2 rings (SSSR count). The first kappa shape index (κ1) is 14.0. The van der Waals surface area contributed by atoms with Gasteiger partial charge in [-0.15, -0.1) is 0 Å². The molecule has 0 bridgehead atoms. The van der Waals surface area contributed by atoms with Gasteiger partial charge in [-0.3, -0.25) is 4.98 Å². The van der Waals surface area contributed by atoms with Gasteiger partial charge >= 0.3 is 0 Å². The van der Waals surface area contributed by atoms with Crippen LogP contribution in [-0.2, 0) is 16.3 Å². The molecule has 20 heavy (non-hydrogen) atoms. The van der Waals surface area contributed by atoms with Gasteiger partial charge < -0.3 is 0 Å². The maximum atomic E-state index is 12.2. The number of hydrogen-bond donors (Lipinski definition) is 0. The Labute approximate surface area is 117 Å². The summed E-state index contributed by atoms with van der Waals surface area (Å²) in [5, 5.41) is 9.79. The molecule has 0 unspecified atom stereocenters. The van der Waals surface area contributed by atoms with Crippen molar-refractivity contribution in [3.63, 3.8) is 0 Å². The van der Waals surface area contributed by atoms with Crippen LogP contribution >= 0.6 is 0 Å². The molecule has 1 aromatic heterocycles. The van der Waals surface area contributed by atoms with Gasteiger partial charge in [0.05, 0.1) is 17.4 Å². The van der Waals surface area contributed by atoms with Gasteiger partial charge in [-0.25, -0.2) is 8.42 Å². The molecule has 5 heteroatoms. The largest absolute Gasteiger partial charge is 0.264 e. The quantitative estimate of drug-likeness (QED) is 0.865. The SMILES string of the molecule is N#CCc1cccc(S(=O)(=O)/C=C/c2cccnc2)c1. The highest BCUT2D eigenvalue weighted by Gasteiger charge is 2.10. The summed E-state index contributed by atoms with van der Waals surface area (Å²) in [6.45, 7) is 0. The maximum absolute atomic E-state index is 12.2. The van der Waals surface area contributed by atoms with E-state index in [9.17, 15) is 8.42 Å². The molecule has 1 aromatic carbocycles. The van der Waals surface area contributed by atoms with E-state index in [1.54, 1.807) is 36.7 Å². The van der Waals surface area contributed by atoms with Crippen LogP contribution in [0.15, 0.2) is 59.1 Å². The number of benzene rings is 1. The Morgan fingerprint density at radius 3 is 2.80 bits per heavy atom. The number of nitriles is 1. The number of pyridine rings is 1. The zero-order valence-electron chi connectivity index (χ0n) is 10.6. The van der Waals surface area contributed by atoms with E-state index in [0.717, 1.165) is 5.41 Å². The summed E-state index contributed by atoms with van der Waals surface area (Å²) in [5.41, 5.74) is 1.40. The molecule has 0 N–H and O–H groups in total. The highest BCUT2D eigenvalue weighted by molar-refractivity contribution is 7.94. The fraction of sp³-hybridized carbons (Fsp3) is 0.0667. The van der Waals surface area contributed by atoms with Crippen molar-refractivity contribution in [2.75, 3.05) is 0 Å². The lowest BCUT2D eigenvalue weighted by molar-refractivity contribution is 0.604. The lowest BCUT2D eigenvalue weighted by atomic mass is 10.2. The molecule has 0 fully saturated rings. The average Bonchev–Trinajstić information content (AvgIpc) is 2.47. The third-order valence-electron chi connectivity index (χ3n) is 2.63. The van der Waals surface area contributed by atoms with Crippen LogP contribution in [0.1, 0.15) is 11.1 Å². The molecule has 0 amide bonds. The average molecular weight is 284 g/mol. The molecule has 0 atom stereocenters. The second-order valence-electron chi connectivity index (χ2n) is 4.12. The first-order valence-electron chi connectivity index (χ1n) is 5.91. The molecule has 0 saturated heterocycles. The van der Waals surface area contributed by atoms with E-state index in [4.69, 9.17) is 5.26 Å². The van der Waals surface area contributed by atoms with E-state index in [1.807, 2.05) is 6.07 Å². The van der Waals surface area contributed by atoms with Crippen LogP contribution in [0.4, 0.5) is 0 Å². The minimum absolute atomic E-state index is 0.186. The van der Waals surface area contributed by atoms with Crippen LogP contribution < -0.4 is 0 Å². The molecule has 4 nitrogen and oxygen atoms in total. The second kappa shape index (κ2) is 6.13. The number of rotatable bonds is 4. The highest BCUT2D eigenvalue weighted by Crippen LogP contribution is 2.16. The van der Waals surface area contributed by atoms with Gasteiger partial charge in [-0.2, -0.15) is 5.26 Å². The molecule has 0 aliphatic heterocycles. The molecule has 100 valence electrons. The van der Waals surface area contributed by atoms with Crippen LogP contribution in [-0.4, -0.2) is 13.4 Å². The van der Waals surface area contributed by atoms with Crippen LogP contribution in [0.5, 0.6) is 0 Å². The lowest BCUT2D eigenvalue weighted by Crippen LogP contribution is -1.97. The fourth-order valence-electron chi connectivity index (χ4n) is 1.64. The number of aromatic nitrogens is 1. The van der Waals surface area contributed by atoms with Gasteiger partial charge in [0.1, 0.15) is 0 Å². The van der Waals surface area contributed by atoms with Gasteiger partial charge in [-0.05, 0) is 35.4 Å². The Hall–Kier alpha value is -2.45. The first-order chi connectivity index (χ1) is 9.62. The number of sulfone groups is 1. The van der Waals surface area contributed by atoms with E-state index in [-0.39, 0.29) is 11.3 Å². The van der Waals surface area contributed by atoms with E-state index < -0.39 is 9.84 Å². The molecule has 2 aromatic rings. The molecule has 0 spiro atoms.